The molecule has 7 heteroatoms. The Balaban J connectivity index is 1.23. The van der Waals surface area contributed by atoms with Crippen molar-refractivity contribution in [3.05, 3.63) is 102 Å². The SMILES string of the molecule is O=C(c1ccc(N2CCN(C3=CC(=O)N(c4ccccc4)C3=O)CC2)cc1)c1cccnc1. The minimum Gasteiger partial charge on any atom is -0.368 e. The summed E-state index contributed by atoms with van der Waals surface area (Å²) in [7, 11) is 0. The van der Waals surface area contributed by atoms with Crippen LogP contribution in [0.15, 0.2) is 90.9 Å². The lowest BCUT2D eigenvalue weighted by atomic mass is 10.0. The third-order valence-corrected chi connectivity index (χ3v) is 5.96. The molecule has 3 aromatic rings. The highest BCUT2D eigenvalue weighted by atomic mass is 16.2. The van der Waals surface area contributed by atoms with Crippen LogP contribution in [0.2, 0.25) is 0 Å². The number of amides is 2. The molecule has 0 unspecified atom stereocenters. The van der Waals surface area contributed by atoms with Crippen LogP contribution in [0.1, 0.15) is 15.9 Å². The van der Waals surface area contributed by atoms with Gasteiger partial charge in [0, 0.05) is 61.5 Å². The number of aromatic nitrogens is 1. The highest BCUT2D eigenvalue weighted by molar-refractivity contribution is 6.30. The first-order valence-electron chi connectivity index (χ1n) is 10.8. The second-order valence-electron chi connectivity index (χ2n) is 7.94. The molecule has 0 radical (unpaired) electrons. The van der Waals surface area contributed by atoms with Crippen molar-refractivity contribution in [2.75, 3.05) is 36.0 Å². The van der Waals surface area contributed by atoms with Crippen LogP contribution >= 0.6 is 0 Å². The fourth-order valence-corrected chi connectivity index (χ4v) is 4.20. The second kappa shape index (κ2) is 8.70. The predicted octanol–water partition coefficient (Wildman–Crippen LogP) is 2.89. The first kappa shape index (κ1) is 20.6. The average Bonchev–Trinajstić information content (AvgIpc) is 3.18. The Morgan fingerprint density at radius 1 is 0.727 bits per heavy atom. The van der Waals surface area contributed by atoms with E-state index in [-0.39, 0.29) is 17.6 Å². The number of piperazine rings is 1. The molecule has 2 aliphatic heterocycles. The molecule has 1 saturated heterocycles. The first-order valence-corrected chi connectivity index (χ1v) is 10.8. The molecule has 7 nitrogen and oxygen atoms in total. The molecule has 0 bridgehead atoms. The minimum absolute atomic E-state index is 0.0567. The molecule has 0 atom stereocenters. The van der Waals surface area contributed by atoms with Gasteiger partial charge in [0.05, 0.1) is 5.69 Å². The van der Waals surface area contributed by atoms with Crippen LogP contribution in [-0.2, 0) is 9.59 Å². The molecule has 0 saturated carbocycles. The van der Waals surface area contributed by atoms with Crippen LogP contribution in [0.4, 0.5) is 11.4 Å². The van der Waals surface area contributed by atoms with E-state index in [1.54, 1.807) is 36.7 Å². The number of hydrogen-bond donors (Lipinski definition) is 0. The Hall–Kier alpha value is -4.26. The lowest BCUT2D eigenvalue weighted by Gasteiger charge is -2.37. The Labute approximate surface area is 191 Å². The molecular weight excluding hydrogens is 416 g/mol. The molecule has 2 aliphatic rings. The number of nitrogens with zero attached hydrogens (tertiary/aromatic N) is 4. The Morgan fingerprint density at radius 2 is 1.42 bits per heavy atom. The lowest BCUT2D eigenvalue weighted by molar-refractivity contribution is -0.121. The maximum atomic E-state index is 12.9. The maximum Gasteiger partial charge on any atom is 0.281 e. The van der Waals surface area contributed by atoms with Gasteiger partial charge in [-0.25, -0.2) is 4.90 Å². The van der Waals surface area contributed by atoms with E-state index in [1.807, 2.05) is 47.4 Å². The van der Waals surface area contributed by atoms with E-state index < -0.39 is 0 Å². The van der Waals surface area contributed by atoms with Crippen molar-refractivity contribution in [1.29, 1.82) is 0 Å². The van der Waals surface area contributed by atoms with Gasteiger partial charge < -0.3 is 9.80 Å². The molecule has 164 valence electrons. The summed E-state index contributed by atoms with van der Waals surface area (Å²) in [6.07, 6.45) is 4.64. The van der Waals surface area contributed by atoms with Gasteiger partial charge in [0.1, 0.15) is 5.70 Å². The summed E-state index contributed by atoms with van der Waals surface area (Å²) in [6, 6.07) is 20.0. The van der Waals surface area contributed by atoms with Crippen LogP contribution in [-0.4, -0.2) is 53.7 Å². The average molecular weight is 438 g/mol. The number of rotatable bonds is 5. The van der Waals surface area contributed by atoms with Crippen molar-refractivity contribution in [2.24, 2.45) is 0 Å². The summed E-state index contributed by atoms with van der Waals surface area (Å²) in [4.78, 5) is 47.4. The van der Waals surface area contributed by atoms with E-state index in [0.717, 1.165) is 5.69 Å². The van der Waals surface area contributed by atoms with Crippen molar-refractivity contribution in [1.82, 2.24) is 9.88 Å². The van der Waals surface area contributed by atoms with E-state index in [1.165, 1.54) is 11.0 Å². The van der Waals surface area contributed by atoms with E-state index >= 15 is 0 Å². The van der Waals surface area contributed by atoms with Gasteiger partial charge in [-0.3, -0.25) is 19.4 Å². The normalized spacial score (nSPS) is 16.2. The predicted molar refractivity (Wildman–Crippen MR) is 125 cm³/mol. The molecule has 5 rings (SSSR count). The van der Waals surface area contributed by atoms with Gasteiger partial charge >= 0.3 is 0 Å². The highest BCUT2D eigenvalue weighted by Crippen LogP contribution is 2.26. The number of anilines is 2. The largest absolute Gasteiger partial charge is 0.368 e. The molecule has 1 aromatic heterocycles. The molecule has 0 spiro atoms. The number of ketones is 1. The third-order valence-electron chi connectivity index (χ3n) is 5.96. The number of benzene rings is 2. The molecule has 1 fully saturated rings. The van der Waals surface area contributed by atoms with Gasteiger partial charge in [-0.2, -0.15) is 0 Å². The highest BCUT2D eigenvalue weighted by Gasteiger charge is 2.36. The fourth-order valence-electron chi connectivity index (χ4n) is 4.20. The van der Waals surface area contributed by atoms with Crippen LogP contribution < -0.4 is 9.80 Å². The first-order chi connectivity index (χ1) is 16.1. The monoisotopic (exact) mass is 438 g/mol. The smallest absolute Gasteiger partial charge is 0.281 e. The van der Waals surface area contributed by atoms with Crippen LogP contribution in [0, 0.1) is 0 Å². The zero-order valence-corrected chi connectivity index (χ0v) is 17.9. The van der Waals surface area contributed by atoms with E-state index in [0.29, 0.717) is 48.7 Å². The van der Waals surface area contributed by atoms with Gasteiger partial charge in [0.2, 0.25) is 0 Å². The summed E-state index contributed by atoms with van der Waals surface area (Å²) in [5.74, 6) is -0.644. The Kier molecular flexibility index (Phi) is 5.44. The number of imide groups is 1. The number of hydrogen-bond acceptors (Lipinski definition) is 6. The van der Waals surface area contributed by atoms with Gasteiger partial charge in [-0.05, 0) is 48.5 Å². The van der Waals surface area contributed by atoms with Gasteiger partial charge in [-0.15, -0.1) is 0 Å². The number of carbonyl (C=O) groups is 3. The van der Waals surface area contributed by atoms with E-state index in [2.05, 4.69) is 9.88 Å². The molecule has 33 heavy (non-hydrogen) atoms. The van der Waals surface area contributed by atoms with E-state index in [9.17, 15) is 14.4 Å². The van der Waals surface area contributed by atoms with Gasteiger partial charge in [0.15, 0.2) is 5.78 Å². The molecule has 2 aromatic carbocycles. The molecule has 0 N–H and O–H groups in total. The molecule has 3 heterocycles. The second-order valence-corrected chi connectivity index (χ2v) is 7.94. The van der Waals surface area contributed by atoms with E-state index in [4.69, 9.17) is 0 Å². The third kappa shape index (κ3) is 4.01. The number of pyridine rings is 1. The van der Waals surface area contributed by atoms with Gasteiger partial charge in [-0.1, -0.05) is 18.2 Å². The van der Waals surface area contributed by atoms with Crippen LogP contribution in [0.3, 0.4) is 0 Å². The van der Waals surface area contributed by atoms with Crippen molar-refractivity contribution in [3.63, 3.8) is 0 Å². The summed E-state index contributed by atoms with van der Waals surface area (Å²) in [5.41, 5.74) is 3.23. The Morgan fingerprint density at radius 3 is 2.09 bits per heavy atom. The summed E-state index contributed by atoms with van der Waals surface area (Å²) in [5, 5.41) is 0. The van der Waals surface area contributed by atoms with Crippen LogP contribution in [0.25, 0.3) is 0 Å². The summed E-state index contributed by atoms with van der Waals surface area (Å²) >= 11 is 0. The zero-order chi connectivity index (χ0) is 22.8. The fraction of sp³-hybridized carbons (Fsp3) is 0.154. The standard InChI is InChI=1S/C26H22N4O3/c31-24-17-23(26(33)30(24)22-6-2-1-3-7-22)29-15-13-28(14-16-29)21-10-8-19(9-11-21)25(32)20-5-4-12-27-18-20/h1-12,17-18H,13-16H2. The topological polar surface area (TPSA) is 73.8 Å². The Bertz CT molecular complexity index is 1220. The number of carbonyl (C=O) groups excluding carboxylic acids is 3. The van der Waals surface area contributed by atoms with Crippen molar-refractivity contribution >= 4 is 29.0 Å². The summed E-state index contributed by atoms with van der Waals surface area (Å²) < 4.78 is 0. The zero-order valence-electron chi connectivity index (χ0n) is 17.9. The lowest BCUT2D eigenvalue weighted by Crippen LogP contribution is -2.47. The van der Waals surface area contributed by atoms with Crippen molar-refractivity contribution in [2.45, 2.75) is 0 Å². The van der Waals surface area contributed by atoms with Crippen LogP contribution in [0.5, 0.6) is 0 Å². The number of para-hydroxylation sites is 1. The van der Waals surface area contributed by atoms with Gasteiger partial charge in [0.25, 0.3) is 11.8 Å². The summed E-state index contributed by atoms with van der Waals surface area (Å²) in [6.45, 7) is 2.67. The molecular formula is C26H22N4O3. The maximum absolute atomic E-state index is 12.9. The minimum atomic E-state index is -0.308. The van der Waals surface area contributed by atoms with Crippen molar-refractivity contribution < 1.29 is 14.4 Å². The molecule has 0 aliphatic carbocycles. The molecule has 2 amide bonds. The quantitative estimate of drug-likeness (QED) is 0.451. The van der Waals surface area contributed by atoms with Crippen molar-refractivity contribution in [3.8, 4) is 0 Å².